The van der Waals surface area contributed by atoms with Crippen molar-refractivity contribution in [3.8, 4) is 11.4 Å². The molecule has 0 saturated carbocycles. The van der Waals surface area contributed by atoms with Crippen LogP contribution >= 0.6 is 0 Å². The van der Waals surface area contributed by atoms with Gasteiger partial charge < -0.3 is 15.7 Å². The Bertz CT molecular complexity index is 610. The average molecular weight is 292 g/mol. The average Bonchev–Trinajstić information content (AvgIpc) is 2.86. The van der Waals surface area contributed by atoms with Gasteiger partial charge >= 0.3 is 0 Å². The highest BCUT2D eigenvalue weighted by Gasteiger charge is 2.16. The summed E-state index contributed by atoms with van der Waals surface area (Å²) in [6.07, 6.45) is 2.09. The van der Waals surface area contributed by atoms with Gasteiger partial charge in [-0.05, 0) is 44.3 Å². The van der Waals surface area contributed by atoms with Crippen molar-refractivity contribution in [3.63, 3.8) is 0 Å². The number of amides is 1. The summed E-state index contributed by atoms with van der Waals surface area (Å²) in [5.74, 6) is -1.02. The zero-order valence-corrected chi connectivity index (χ0v) is 11.6. The van der Waals surface area contributed by atoms with E-state index < -0.39 is 5.91 Å². The molecular weight excluding hydrogens is 275 g/mol. The summed E-state index contributed by atoms with van der Waals surface area (Å²) in [5.41, 5.74) is 0.504. The molecule has 0 fully saturated rings. The molecule has 0 bridgehead atoms. The first kappa shape index (κ1) is 15.0. The summed E-state index contributed by atoms with van der Waals surface area (Å²) >= 11 is 0. The minimum absolute atomic E-state index is 0.0521. The van der Waals surface area contributed by atoms with E-state index in [4.69, 9.17) is 0 Å². The van der Waals surface area contributed by atoms with Gasteiger partial charge in [-0.15, -0.1) is 0 Å². The van der Waals surface area contributed by atoms with Crippen LogP contribution in [0, 0.1) is 5.82 Å². The molecule has 0 radical (unpaired) electrons. The van der Waals surface area contributed by atoms with Crippen LogP contribution in [0.1, 0.15) is 16.9 Å². The van der Waals surface area contributed by atoms with E-state index in [-0.39, 0.29) is 17.3 Å². The van der Waals surface area contributed by atoms with Crippen LogP contribution in [0.5, 0.6) is 5.75 Å². The Morgan fingerprint density at radius 2 is 2.05 bits per heavy atom. The molecule has 1 heterocycles. The molecule has 0 unspecified atom stereocenters. The second kappa shape index (κ2) is 6.85. The lowest BCUT2D eigenvalue weighted by Gasteiger charge is -2.03. The Hall–Kier alpha value is -2.41. The largest absolute Gasteiger partial charge is 0.504 e. The SMILES string of the molecule is CNCCCNC(=O)c1nn(-c2ccc(F)cc2)cc1O. The maximum atomic E-state index is 12.9. The van der Waals surface area contributed by atoms with Gasteiger partial charge in [0.1, 0.15) is 5.82 Å². The van der Waals surface area contributed by atoms with Gasteiger partial charge in [-0.3, -0.25) is 4.79 Å². The number of benzene rings is 1. The third-order valence-corrected chi connectivity index (χ3v) is 2.89. The van der Waals surface area contributed by atoms with Crippen LogP contribution in [0.3, 0.4) is 0 Å². The van der Waals surface area contributed by atoms with Crippen molar-refractivity contribution in [2.45, 2.75) is 6.42 Å². The van der Waals surface area contributed by atoms with E-state index in [9.17, 15) is 14.3 Å². The molecule has 21 heavy (non-hydrogen) atoms. The van der Waals surface area contributed by atoms with Gasteiger partial charge in [0.25, 0.3) is 5.91 Å². The highest BCUT2D eigenvalue weighted by molar-refractivity contribution is 5.94. The lowest BCUT2D eigenvalue weighted by Crippen LogP contribution is -2.27. The maximum absolute atomic E-state index is 12.9. The predicted octanol–water partition coefficient (Wildman–Crippen LogP) is 1.06. The van der Waals surface area contributed by atoms with Gasteiger partial charge in [0, 0.05) is 6.54 Å². The van der Waals surface area contributed by atoms with Crippen molar-refractivity contribution >= 4 is 5.91 Å². The van der Waals surface area contributed by atoms with Gasteiger partial charge in [0.15, 0.2) is 11.4 Å². The van der Waals surface area contributed by atoms with E-state index in [2.05, 4.69) is 15.7 Å². The van der Waals surface area contributed by atoms with E-state index in [1.54, 1.807) is 0 Å². The molecule has 1 amide bonds. The first-order valence-electron chi connectivity index (χ1n) is 6.59. The van der Waals surface area contributed by atoms with Crippen LogP contribution < -0.4 is 10.6 Å². The lowest BCUT2D eigenvalue weighted by molar-refractivity contribution is 0.0945. The van der Waals surface area contributed by atoms with Gasteiger partial charge in [0.05, 0.1) is 11.9 Å². The fraction of sp³-hybridized carbons (Fsp3) is 0.286. The van der Waals surface area contributed by atoms with Gasteiger partial charge in [-0.2, -0.15) is 5.10 Å². The number of carbonyl (C=O) groups excluding carboxylic acids is 1. The molecule has 0 aliphatic rings. The highest BCUT2D eigenvalue weighted by atomic mass is 19.1. The van der Waals surface area contributed by atoms with Crippen molar-refractivity contribution in [1.29, 1.82) is 0 Å². The van der Waals surface area contributed by atoms with Crippen molar-refractivity contribution in [1.82, 2.24) is 20.4 Å². The fourth-order valence-corrected chi connectivity index (χ4v) is 1.80. The first-order chi connectivity index (χ1) is 10.1. The fourth-order valence-electron chi connectivity index (χ4n) is 1.80. The van der Waals surface area contributed by atoms with Crippen molar-refractivity contribution < 1.29 is 14.3 Å². The number of aromatic hydroxyl groups is 1. The minimum atomic E-state index is -0.440. The van der Waals surface area contributed by atoms with E-state index in [1.807, 2.05) is 7.05 Å². The Balaban J connectivity index is 2.08. The van der Waals surface area contributed by atoms with E-state index in [0.717, 1.165) is 13.0 Å². The number of hydrogen-bond donors (Lipinski definition) is 3. The first-order valence-corrected chi connectivity index (χ1v) is 6.59. The zero-order chi connectivity index (χ0) is 15.2. The zero-order valence-electron chi connectivity index (χ0n) is 11.6. The molecule has 7 heteroatoms. The van der Waals surface area contributed by atoms with Crippen molar-refractivity contribution in [3.05, 3.63) is 42.0 Å². The third-order valence-electron chi connectivity index (χ3n) is 2.89. The molecular formula is C14H17FN4O2. The Morgan fingerprint density at radius 1 is 1.33 bits per heavy atom. The van der Waals surface area contributed by atoms with Crippen LogP contribution in [-0.4, -0.2) is 40.9 Å². The summed E-state index contributed by atoms with van der Waals surface area (Å²) < 4.78 is 14.2. The number of rotatable bonds is 6. The number of nitrogens with one attached hydrogen (secondary N) is 2. The van der Waals surface area contributed by atoms with E-state index in [1.165, 1.54) is 35.1 Å². The Labute approximate surface area is 121 Å². The topological polar surface area (TPSA) is 79.2 Å². The third kappa shape index (κ3) is 3.79. The number of hydrogen-bond acceptors (Lipinski definition) is 4. The van der Waals surface area contributed by atoms with Crippen LogP contribution in [0.2, 0.25) is 0 Å². The molecule has 0 saturated heterocycles. The molecule has 0 aliphatic carbocycles. The van der Waals surface area contributed by atoms with Crippen LogP contribution in [0.25, 0.3) is 5.69 Å². The molecule has 2 aromatic rings. The van der Waals surface area contributed by atoms with Gasteiger partial charge in [0.2, 0.25) is 0 Å². The van der Waals surface area contributed by atoms with Gasteiger partial charge in [-0.25, -0.2) is 9.07 Å². The standard InChI is InChI=1S/C14H17FN4O2/c1-16-7-2-8-17-14(21)13-12(20)9-19(18-13)11-5-3-10(15)4-6-11/h3-6,9,16,20H,2,7-8H2,1H3,(H,17,21). The van der Waals surface area contributed by atoms with Crippen LogP contribution in [0.4, 0.5) is 4.39 Å². The minimum Gasteiger partial charge on any atom is -0.504 e. The second-order valence-corrected chi connectivity index (χ2v) is 4.50. The summed E-state index contributed by atoms with van der Waals surface area (Å²) in [4.78, 5) is 11.9. The monoisotopic (exact) mass is 292 g/mol. The molecule has 1 aromatic carbocycles. The summed E-state index contributed by atoms with van der Waals surface area (Å²) in [7, 11) is 1.83. The summed E-state index contributed by atoms with van der Waals surface area (Å²) in [6.45, 7) is 1.28. The molecule has 3 N–H and O–H groups in total. The number of carbonyl (C=O) groups is 1. The quantitative estimate of drug-likeness (QED) is 0.696. The second-order valence-electron chi connectivity index (χ2n) is 4.50. The molecule has 1 aromatic heterocycles. The molecule has 0 atom stereocenters. The predicted molar refractivity (Wildman–Crippen MR) is 76.1 cm³/mol. The van der Waals surface area contributed by atoms with E-state index in [0.29, 0.717) is 12.2 Å². The molecule has 112 valence electrons. The van der Waals surface area contributed by atoms with Crippen molar-refractivity contribution in [2.75, 3.05) is 20.1 Å². The van der Waals surface area contributed by atoms with Crippen molar-refractivity contribution in [2.24, 2.45) is 0 Å². The Kier molecular flexibility index (Phi) is 4.89. The smallest absolute Gasteiger partial charge is 0.275 e. The van der Waals surface area contributed by atoms with Crippen LogP contribution in [-0.2, 0) is 0 Å². The molecule has 0 spiro atoms. The maximum Gasteiger partial charge on any atom is 0.275 e. The van der Waals surface area contributed by atoms with Gasteiger partial charge in [-0.1, -0.05) is 0 Å². The number of halogens is 1. The molecule has 0 aliphatic heterocycles. The summed E-state index contributed by atoms with van der Waals surface area (Å²) in [6, 6.07) is 5.59. The van der Waals surface area contributed by atoms with Crippen LogP contribution in [0.15, 0.2) is 30.5 Å². The number of aromatic nitrogens is 2. The lowest BCUT2D eigenvalue weighted by atomic mass is 10.3. The normalized spacial score (nSPS) is 10.6. The Morgan fingerprint density at radius 3 is 2.71 bits per heavy atom. The van der Waals surface area contributed by atoms with E-state index >= 15 is 0 Å². The molecule has 2 rings (SSSR count). The highest BCUT2D eigenvalue weighted by Crippen LogP contribution is 2.18. The summed E-state index contributed by atoms with van der Waals surface area (Å²) in [5, 5.41) is 19.5. The molecule has 6 nitrogen and oxygen atoms in total. The number of nitrogens with zero attached hydrogens (tertiary/aromatic N) is 2.